The molecule has 2 aliphatic rings. The largest absolute Gasteiger partial charge is 0.497 e. The quantitative estimate of drug-likeness (QED) is 0.464. The number of methoxy groups -OCH3 is 1. The molecule has 0 radical (unpaired) electrons. The van der Waals surface area contributed by atoms with Crippen molar-refractivity contribution in [3.8, 4) is 5.75 Å². The van der Waals surface area contributed by atoms with Gasteiger partial charge in [-0.25, -0.2) is 18.9 Å². The number of halogens is 1. The van der Waals surface area contributed by atoms with E-state index in [9.17, 15) is 23.6 Å². The Hall–Kier alpha value is -4.93. The van der Waals surface area contributed by atoms with Crippen molar-refractivity contribution in [2.24, 2.45) is 0 Å². The molecule has 3 aromatic rings. The summed E-state index contributed by atoms with van der Waals surface area (Å²) in [6.45, 7) is -0.484. The molecule has 3 aromatic carbocycles. The second-order valence-corrected chi connectivity index (χ2v) is 9.47. The number of urea groups is 1. The number of benzene rings is 3. The average molecular weight is 547 g/mol. The molecule has 0 saturated carbocycles. The minimum Gasteiger partial charge on any atom is -0.497 e. The van der Waals surface area contributed by atoms with Crippen LogP contribution < -0.4 is 20.3 Å². The third-order valence-corrected chi connectivity index (χ3v) is 7.06. The van der Waals surface area contributed by atoms with E-state index in [-0.39, 0.29) is 19.0 Å². The van der Waals surface area contributed by atoms with Crippen LogP contribution in [0.2, 0.25) is 0 Å². The summed E-state index contributed by atoms with van der Waals surface area (Å²) in [4.78, 5) is 54.2. The Labute approximate surface area is 229 Å². The average Bonchev–Trinajstić information content (AvgIpc) is 3.44. The first-order chi connectivity index (χ1) is 19.2. The lowest BCUT2D eigenvalue weighted by atomic mass is 9.94. The number of amides is 5. The van der Waals surface area contributed by atoms with Crippen molar-refractivity contribution in [2.75, 3.05) is 30.9 Å². The van der Waals surface area contributed by atoms with E-state index in [1.54, 1.807) is 54.6 Å². The van der Waals surface area contributed by atoms with Gasteiger partial charge in [-0.2, -0.15) is 0 Å². The summed E-state index contributed by atoms with van der Waals surface area (Å²) in [6, 6.07) is 17.1. The first-order valence-electron chi connectivity index (χ1n) is 12.6. The highest BCUT2D eigenvalue weighted by Gasteiger charge is 2.58. The van der Waals surface area contributed by atoms with Crippen LogP contribution in [0.1, 0.15) is 23.1 Å². The minimum absolute atomic E-state index is 0.0679. The molecular weight excluding hydrogens is 519 g/mol. The maximum Gasteiger partial charge on any atom is 0.418 e. The highest BCUT2D eigenvalue weighted by molar-refractivity contribution is 6.08. The number of nitrogens with zero attached hydrogens (tertiary/aromatic N) is 2. The van der Waals surface area contributed by atoms with Crippen LogP contribution in [0, 0.1) is 5.82 Å². The molecular formula is C29H27FN4O6. The summed E-state index contributed by atoms with van der Waals surface area (Å²) >= 11 is 0. The molecule has 5 amide bonds. The number of carbonyl (C=O) groups excluding carboxylic acids is 4. The van der Waals surface area contributed by atoms with Crippen molar-refractivity contribution < 1.29 is 33.0 Å². The van der Waals surface area contributed by atoms with Gasteiger partial charge in [-0.1, -0.05) is 24.3 Å². The molecule has 0 unspecified atom stereocenters. The number of aryl methyl sites for hydroxylation is 1. The Morgan fingerprint density at radius 2 is 1.88 bits per heavy atom. The molecule has 1 saturated heterocycles. The number of fused-ring (bicyclic) bond motifs is 2. The molecule has 1 atom stereocenters. The number of imide groups is 1. The summed E-state index contributed by atoms with van der Waals surface area (Å²) in [5.41, 5.74) is 1.42. The lowest BCUT2D eigenvalue weighted by molar-refractivity contribution is -0.139. The van der Waals surface area contributed by atoms with E-state index in [4.69, 9.17) is 9.47 Å². The number of ether oxygens (including phenoxy) is 2. The maximum atomic E-state index is 13.7. The molecule has 1 heterocycles. The van der Waals surface area contributed by atoms with Gasteiger partial charge in [0.2, 0.25) is 11.5 Å². The van der Waals surface area contributed by atoms with Crippen LogP contribution in [-0.4, -0.2) is 49.5 Å². The fourth-order valence-corrected chi connectivity index (χ4v) is 5.02. The van der Waals surface area contributed by atoms with E-state index < -0.39 is 35.9 Å². The molecule has 0 bridgehead atoms. The van der Waals surface area contributed by atoms with Crippen molar-refractivity contribution >= 4 is 35.3 Å². The predicted octanol–water partition coefficient (Wildman–Crippen LogP) is 3.94. The zero-order chi connectivity index (χ0) is 28.4. The van der Waals surface area contributed by atoms with Gasteiger partial charge in [0.25, 0.3) is 5.91 Å². The first-order valence-corrected chi connectivity index (χ1v) is 12.6. The molecule has 1 fully saturated rings. The van der Waals surface area contributed by atoms with Gasteiger partial charge in [-0.15, -0.1) is 0 Å². The monoisotopic (exact) mass is 546 g/mol. The molecule has 5 rings (SSSR count). The van der Waals surface area contributed by atoms with E-state index in [1.807, 2.05) is 0 Å². The van der Waals surface area contributed by atoms with Crippen molar-refractivity contribution in [2.45, 2.75) is 25.0 Å². The van der Waals surface area contributed by atoms with E-state index in [1.165, 1.54) is 31.2 Å². The molecule has 10 nitrogen and oxygen atoms in total. The Balaban J connectivity index is 1.40. The van der Waals surface area contributed by atoms with Crippen molar-refractivity contribution in [1.82, 2.24) is 10.2 Å². The molecule has 1 spiro atoms. The zero-order valence-electron chi connectivity index (χ0n) is 21.9. The van der Waals surface area contributed by atoms with Crippen molar-refractivity contribution in [3.63, 3.8) is 0 Å². The number of hydrogen-bond donors (Lipinski definition) is 2. The van der Waals surface area contributed by atoms with Gasteiger partial charge in [-0.05, 0) is 53.9 Å². The fourth-order valence-electron chi connectivity index (χ4n) is 5.02. The molecule has 11 heteroatoms. The van der Waals surface area contributed by atoms with Crippen LogP contribution in [-0.2, 0) is 32.9 Å². The Kier molecular flexibility index (Phi) is 7.12. The number of rotatable bonds is 7. The number of nitrogens with one attached hydrogen (secondary N) is 2. The number of anilines is 2. The predicted molar refractivity (Wildman–Crippen MR) is 143 cm³/mol. The van der Waals surface area contributed by atoms with Crippen LogP contribution in [0.3, 0.4) is 0 Å². The molecule has 206 valence electrons. The van der Waals surface area contributed by atoms with Crippen LogP contribution in [0.4, 0.5) is 25.4 Å². The van der Waals surface area contributed by atoms with Crippen LogP contribution in [0.15, 0.2) is 66.7 Å². The SMILES string of the molecule is CNC(=O)Nc1ccc2c(c1)CC[C@@]21OC(=O)N(CC(=O)N(Cc2ccc(F)cc2)c2cccc(OC)c2)C1=O. The summed E-state index contributed by atoms with van der Waals surface area (Å²) < 4.78 is 24.5. The van der Waals surface area contributed by atoms with E-state index >= 15 is 0 Å². The molecule has 1 aliphatic heterocycles. The van der Waals surface area contributed by atoms with Gasteiger partial charge in [0.1, 0.15) is 18.1 Å². The molecule has 2 N–H and O–H groups in total. The molecule has 0 aromatic heterocycles. The normalized spacial score (nSPS) is 17.4. The van der Waals surface area contributed by atoms with Gasteiger partial charge in [-0.3, -0.25) is 9.59 Å². The van der Waals surface area contributed by atoms with Crippen molar-refractivity contribution in [3.05, 3.63) is 89.2 Å². The summed E-state index contributed by atoms with van der Waals surface area (Å²) in [5, 5.41) is 5.15. The second kappa shape index (κ2) is 10.7. The molecule has 40 heavy (non-hydrogen) atoms. The van der Waals surface area contributed by atoms with Crippen molar-refractivity contribution in [1.29, 1.82) is 0 Å². The third-order valence-electron chi connectivity index (χ3n) is 7.06. The zero-order valence-corrected chi connectivity index (χ0v) is 21.9. The smallest absolute Gasteiger partial charge is 0.418 e. The fraction of sp³-hybridized carbons (Fsp3) is 0.241. The van der Waals surface area contributed by atoms with Gasteiger partial charge >= 0.3 is 12.1 Å². The van der Waals surface area contributed by atoms with Crippen LogP contribution in [0.5, 0.6) is 5.75 Å². The highest BCUT2D eigenvalue weighted by Crippen LogP contribution is 2.46. The van der Waals surface area contributed by atoms with Gasteiger partial charge in [0.05, 0.1) is 13.7 Å². The lowest BCUT2D eigenvalue weighted by Gasteiger charge is -2.25. The maximum absolute atomic E-state index is 13.7. The summed E-state index contributed by atoms with van der Waals surface area (Å²) in [6.07, 6.45) is -0.248. The van der Waals surface area contributed by atoms with E-state index in [2.05, 4.69) is 10.6 Å². The number of carbonyl (C=O) groups is 4. The highest BCUT2D eigenvalue weighted by atomic mass is 19.1. The van der Waals surface area contributed by atoms with Gasteiger partial charge in [0.15, 0.2) is 0 Å². The van der Waals surface area contributed by atoms with Gasteiger partial charge < -0.3 is 25.0 Å². The standard InChI is InChI=1S/C29H27FN4O6/c1-31-27(37)32-21-10-11-24-19(14-21)12-13-29(24)26(36)34(28(38)40-29)17-25(35)33(16-18-6-8-20(30)9-7-18)22-4-3-5-23(15-22)39-2/h3-11,14-15H,12-13,16-17H2,1-2H3,(H2,31,32,37)/t29-/m1/s1. The lowest BCUT2D eigenvalue weighted by Crippen LogP contribution is -2.44. The number of hydrogen-bond acceptors (Lipinski definition) is 6. The topological polar surface area (TPSA) is 117 Å². The first kappa shape index (κ1) is 26.7. The Morgan fingerprint density at radius 3 is 2.60 bits per heavy atom. The summed E-state index contributed by atoms with van der Waals surface area (Å²) in [5.74, 6) is -1.06. The second-order valence-electron chi connectivity index (χ2n) is 9.47. The Morgan fingerprint density at radius 1 is 1.10 bits per heavy atom. The van der Waals surface area contributed by atoms with Crippen LogP contribution >= 0.6 is 0 Å². The van der Waals surface area contributed by atoms with Crippen LogP contribution in [0.25, 0.3) is 0 Å². The van der Waals surface area contributed by atoms with E-state index in [0.717, 1.165) is 10.5 Å². The van der Waals surface area contributed by atoms with E-state index in [0.29, 0.717) is 34.7 Å². The third kappa shape index (κ3) is 4.93. The minimum atomic E-state index is -1.53. The summed E-state index contributed by atoms with van der Waals surface area (Å²) in [7, 11) is 3.00. The molecule has 1 aliphatic carbocycles. The Bertz CT molecular complexity index is 1490. The van der Waals surface area contributed by atoms with Gasteiger partial charge in [0, 0.05) is 36.5 Å².